The first-order valence-electron chi connectivity index (χ1n) is 5.13. The maximum Gasteiger partial charge on any atom is 0.322 e. The lowest BCUT2D eigenvalue weighted by atomic mass is 10.5. The molecule has 8 heteroatoms. The number of nitrogens with two attached hydrogens (primary N) is 1. The molecule has 0 fully saturated rings. The lowest BCUT2D eigenvalue weighted by Gasteiger charge is -2.17. The maximum absolute atomic E-state index is 11.3. The van der Waals surface area contributed by atoms with Crippen LogP contribution in [0.15, 0.2) is 0 Å². The monoisotopic (exact) mass is 324 g/mol. The average Bonchev–Trinajstić information content (AvgIpc) is 2.19. The van der Waals surface area contributed by atoms with Crippen LogP contribution >= 0.6 is 48.7 Å². The first kappa shape index (κ1) is 22.8. The highest BCUT2D eigenvalue weighted by atomic mass is 35.5. The van der Waals surface area contributed by atoms with Crippen LogP contribution in [0.2, 0.25) is 0 Å². The van der Waals surface area contributed by atoms with Crippen molar-refractivity contribution < 1.29 is 9.53 Å². The molecule has 2 N–H and O–H groups in total. The zero-order chi connectivity index (χ0) is 11.5. The lowest BCUT2D eigenvalue weighted by molar-refractivity contribution is -0.142. The van der Waals surface area contributed by atoms with Crippen molar-refractivity contribution in [3.8, 4) is 0 Å². The molecule has 0 aliphatic carbocycles. The van der Waals surface area contributed by atoms with E-state index in [-0.39, 0.29) is 30.8 Å². The van der Waals surface area contributed by atoms with Crippen LogP contribution in [-0.4, -0.2) is 40.9 Å². The lowest BCUT2D eigenvalue weighted by Crippen LogP contribution is -2.22. The third-order valence-electron chi connectivity index (χ3n) is 1.42. The van der Waals surface area contributed by atoms with Crippen molar-refractivity contribution in [3.63, 3.8) is 0 Å². The summed E-state index contributed by atoms with van der Waals surface area (Å²) in [5.41, 5.74) is 5.30. The van der Waals surface area contributed by atoms with Crippen LogP contribution in [0.4, 0.5) is 0 Å². The molecule has 0 aromatic carbocycles. The number of esters is 1. The second-order valence-corrected chi connectivity index (χ2v) is 5.47. The first-order valence-corrected chi connectivity index (χ1v) is 7.02. The topological polar surface area (TPSA) is 55.6 Å². The number of rotatable bonds is 9. The molecular formula is C9H22Cl2N2O2S2. The Balaban J connectivity index is -0.000000980. The SMILES string of the molecule is CCSN(CC(=O)OCCCN)SCC.Cl.Cl. The Morgan fingerprint density at radius 2 is 1.76 bits per heavy atom. The third-order valence-corrected chi connectivity index (χ3v) is 3.40. The number of hydrogen-bond acceptors (Lipinski definition) is 6. The van der Waals surface area contributed by atoms with E-state index in [0.29, 0.717) is 19.7 Å². The van der Waals surface area contributed by atoms with Crippen LogP contribution in [-0.2, 0) is 9.53 Å². The molecule has 0 atom stereocenters. The summed E-state index contributed by atoms with van der Waals surface area (Å²) in [4.78, 5) is 11.3. The van der Waals surface area contributed by atoms with Crippen molar-refractivity contribution in [1.29, 1.82) is 0 Å². The van der Waals surface area contributed by atoms with Crippen molar-refractivity contribution in [2.24, 2.45) is 5.73 Å². The Morgan fingerprint density at radius 3 is 2.18 bits per heavy atom. The van der Waals surface area contributed by atoms with Crippen molar-refractivity contribution >= 4 is 54.7 Å². The largest absolute Gasteiger partial charge is 0.465 e. The second-order valence-electron chi connectivity index (χ2n) is 2.69. The fourth-order valence-electron chi connectivity index (χ4n) is 0.837. The van der Waals surface area contributed by atoms with Gasteiger partial charge in [0.15, 0.2) is 0 Å². The van der Waals surface area contributed by atoms with Gasteiger partial charge in [0.1, 0.15) is 6.54 Å². The Bertz CT molecular complexity index is 173. The molecule has 4 nitrogen and oxygen atoms in total. The van der Waals surface area contributed by atoms with Crippen LogP contribution in [0.25, 0.3) is 0 Å². The zero-order valence-electron chi connectivity index (χ0n) is 10.2. The number of hydrogen-bond donors (Lipinski definition) is 1. The minimum absolute atomic E-state index is 0. The van der Waals surface area contributed by atoms with Gasteiger partial charge in [-0.15, -0.1) is 24.8 Å². The summed E-state index contributed by atoms with van der Waals surface area (Å²) in [6.45, 7) is 5.45. The predicted molar refractivity (Wildman–Crippen MR) is 82.1 cm³/mol. The van der Waals surface area contributed by atoms with Crippen LogP contribution in [0.3, 0.4) is 0 Å². The highest BCUT2D eigenvalue weighted by Crippen LogP contribution is 2.20. The number of carbonyl (C=O) groups excluding carboxylic acids is 1. The van der Waals surface area contributed by atoms with E-state index < -0.39 is 0 Å². The highest BCUT2D eigenvalue weighted by Gasteiger charge is 2.11. The summed E-state index contributed by atoms with van der Waals surface area (Å²) in [5.74, 6) is 1.75. The van der Waals surface area contributed by atoms with Gasteiger partial charge in [-0.25, -0.2) is 0 Å². The molecule has 0 saturated heterocycles. The Hall–Kier alpha value is 0.670. The van der Waals surface area contributed by atoms with Crippen LogP contribution in [0, 0.1) is 0 Å². The van der Waals surface area contributed by atoms with Gasteiger partial charge in [-0.05, 0) is 13.0 Å². The van der Waals surface area contributed by atoms with Gasteiger partial charge >= 0.3 is 5.97 Å². The first-order chi connectivity index (χ1) is 7.24. The second kappa shape index (κ2) is 16.7. The van der Waals surface area contributed by atoms with Gasteiger partial charge in [-0.1, -0.05) is 37.7 Å². The Labute approximate surface area is 125 Å². The van der Waals surface area contributed by atoms with Gasteiger partial charge in [0, 0.05) is 11.5 Å². The number of carbonyl (C=O) groups is 1. The van der Waals surface area contributed by atoms with Gasteiger partial charge in [-0.3, -0.25) is 4.79 Å². The molecule has 0 aromatic rings. The Kier molecular flexibility index (Phi) is 22.4. The molecule has 0 saturated carbocycles. The van der Waals surface area contributed by atoms with Gasteiger partial charge in [0.2, 0.25) is 0 Å². The van der Waals surface area contributed by atoms with Gasteiger partial charge in [-0.2, -0.15) is 3.71 Å². The highest BCUT2D eigenvalue weighted by molar-refractivity contribution is 8.12. The maximum atomic E-state index is 11.3. The minimum atomic E-state index is -0.176. The minimum Gasteiger partial charge on any atom is -0.465 e. The summed E-state index contributed by atoms with van der Waals surface area (Å²) in [5, 5.41) is 0. The van der Waals surface area contributed by atoms with Gasteiger partial charge in [0.25, 0.3) is 0 Å². The molecule has 106 valence electrons. The summed E-state index contributed by atoms with van der Waals surface area (Å²) in [6, 6.07) is 0. The summed E-state index contributed by atoms with van der Waals surface area (Å²) < 4.78 is 6.98. The number of nitrogens with zero attached hydrogens (tertiary/aromatic N) is 1. The van der Waals surface area contributed by atoms with E-state index in [1.54, 1.807) is 23.9 Å². The molecule has 0 aliphatic heterocycles. The van der Waals surface area contributed by atoms with Crippen molar-refractivity contribution in [1.82, 2.24) is 3.71 Å². The van der Waals surface area contributed by atoms with Crippen LogP contribution in [0.5, 0.6) is 0 Å². The van der Waals surface area contributed by atoms with Gasteiger partial charge < -0.3 is 10.5 Å². The molecular weight excluding hydrogens is 303 g/mol. The molecule has 0 spiro atoms. The van der Waals surface area contributed by atoms with E-state index in [4.69, 9.17) is 10.5 Å². The molecule has 0 heterocycles. The number of halogens is 2. The smallest absolute Gasteiger partial charge is 0.322 e. The third kappa shape index (κ3) is 14.6. The summed E-state index contributed by atoms with van der Waals surface area (Å²) >= 11 is 3.28. The zero-order valence-corrected chi connectivity index (χ0v) is 13.5. The molecule has 0 aliphatic rings. The van der Waals surface area contributed by atoms with Crippen LogP contribution < -0.4 is 5.73 Å². The Morgan fingerprint density at radius 1 is 1.24 bits per heavy atom. The molecule has 0 aromatic heterocycles. The summed E-state index contributed by atoms with van der Waals surface area (Å²) in [6.07, 6.45) is 0.730. The van der Waals surface area contributed by atoms with E-state index in [0.717, 1.165) is 17.9 Å². The molecule has 0 bridgehead atoms. The van der Waals surface area contributed by atoms with Crippen molar-refractivity contribution in [2.75, 3.05) is 31.2 Å². The quantitative estimate of drug-likeness (QED) is 0.399. The van der Waals surface area contributed by atoms with Crippen molar-refractivity contribution in [2.45, 2.75) is 20.3 Å². The fourth-order valence-corrected chi connectivity index (χ4v) is 2.74. The van der Waals surface area contributed by atoms with E-state index in [1.165, 1.54) is 0 Å². The van der Waals surface area contributed by atoms with E-state index >= 15 is 0 Å². The van der Waals surface area contributed by atoms with Crippen molar-refractivity contribution in [3.05, 3.63) is 0 Å². The fraction of sp³-hybridized carbons (Fsp3) is 0.889. The average molecular weight is 325 g/mol. The molecule has 0 amide bonds. The number of ether oxygens (including phenoxy) is 1. The molecule has 0 radical (unpaired) electrons. The van der Waals surface area contributed by atoms with Gasteiger partial charge in [0.05, 0.1) is 6.61 Å². The molecule has 0 unspecified atom stereocenters. The normalized spacial score (nSPS) is 9.41. The molecule has 0 rings (SSSR count). The predicted octanol–water partition coefficient (Wildman–Crippen LogP) is 2.36. The van der Waals surface area contributed by atoms with E-state index in [9.17, 15) is 4.79 Å². The molecule has 17 heavy (non-hydrogen) atoms. The van der Waals surface area contributed by atoms with E-state index in [1.807, 2.05) is 3.71 Å². The van der Waals surface area contributed by atoms with Crippen LogP contribution in [0.1, 0.15) is 20.3 Å². The standard InChI is InChI=1S/C9H20N2O2S2.2ClH/c1-3-14-11(15-4-2)8-9(12)13-7-5-6-10;;/h3-8,10H2,1-2H3;2*1H. The summed E-state index contributed by atoms with van der Waals surface area (Å²) in [7, 11) is 0. The van der Waals surface area contributed by atoms with E-state index in [2.05, 4.69) is 13.8 Å².